The van der Waals surface area contributed by atoms with E-state index in [-0.39, 0.29) is 17.5 Å². The first-order valence-electron chi connectivity index (χ1n) is 7.54. The second-order valence-electron chi connectivity index (χ2n) is 5.48. The molecule has 0 spiro atoms. The number of ether oxygens (including phenoxy) is 1. The summed E-state index contributed by atoms with van der Waals surface area (Å²) in [4.78, 5) is 36.9. The molecular weight excluding hydrogens is 298 g/mol. The molecule has 8 heteroatoms. The van der Waals surface area contributed by atoms with Crippen LogP contribution in [-0.2, 0) is 16.1 Å². The number of morpholine rings is 1. The number of hydrogen-bond acceptors (Lipinski definition) is 5. The number of aromatic nitrogens is 4. The molecule has 122 valence electrons. The van der Waals surface area contributed by atoms with E-state index in [2.05, 4.69) is 15.0 Å². The zero-order chi connectivity index (χ0) is 16.2. The minimum absolute atomic E-state index is 0.0201. The Labute approximate surface area is 133 Å². The van der Waals surface area contributed by atoms with Crippen LogP contribution in [0.25, 0.3) is 0 Å². The Hall–Kier alpha value is -2.48. The molecule has 1 saturated heterocycles. The van der Waals surface area contributed by atoms with Gasteiger partial charge in [-0.05, 0) is 6.92 Å². The van der Waals surface area contributed by atoms with E-state index in [1.165, 1.54) is 6.07 Å². The first-order chi connectivity index (χ1) is 11.1. The number of aromatic amines is 1. The Kier molecular flexibility index (Phi) is 4.52. The summed E-state index contributed by atoms with van der Waals surface area (Å²) in [5.41, 5.74) is 0.353. The van der Waals surface area contributed by atoms with Crippen molar-refractivity contribution in [3.63, 3.8) is 0 Å². The van der Waals surface area contributed by atoms with Gasteiger partial charge in [0, 0.05) is 38.0 Å². The monoisotopic (exact) mass is 317 g/mol. The maximum absolute atomic E-state index is 12.6. The molecule has 1 N–H and O–H groups in total. The van der Waals surface area contributed by atoms with Crippen LogP contribution in [0.3, 0.4) is 0 Å². The molecule has 1 fully saturated rings. The SMILES string of the molecule is Cc1nc(C2COCCN2C(=O)CCn2ccnc2)cc(=O)[nH]1. The van der Waals surface area contributed by atoms with Gasteiger partial charge >= 0.3 is 0 Å². The Morgan fingerprint density at radius 3 is 3.13 bits per heavy atom. The first kappa shape index (κ1) is 15.4. The molecule has 1 aliphatic heterocycles. The van der Waals surface area contributed by atoms with Crippen molar-refractivity contribution < 1.29 is 9.53 Å². The quantitative estimate of drug-likeness (QED) is 0.873. The number of carbonyl (C=O) groups excluding carboxylic acids is 1. The molecule has 1 aliphatic rings. The summed E-state index contributed by atoms with van der Waals surface area (Å²) >= 11 is 0. The Morgan fingerprint density at radius 1 is 1.52 bits per heavy atom. The third kappa shape index (κ3) is 3.65. The summed E-state index contributed by atoms with van der Waals surface area (Å²) in [7, 11) is 0. The van der Waals surface area contributed by atoms with Gasteiger partial charge in [-0.15, -0.1) is 0 Å². The van der Waals surface area contributed by atoms with Crippen molar-refractivity contribution in [1.29, 1.82) is 0 Å². The van der Waals surface area contributed by atoms with E-state index in [0.29, 0.717) is 44.2 Å². The van der Waals surface area contributed by atoms with Crippen LogP contribution in [0.5, 0.6) is 0 Å². The maximum Gasteiger partial charge on any atom is 0.251 e. The Balaban J connectivity index is 1.75. The molecule has 0 aliphatic carbocycles. The number of nitrogens with zero attached hydrogens (tertiary/aromatic N) is 4. The summed E-state index contributed by atoms with van der Waals surface area (Å²) < 4.78 is 7.35. The van der Waals surface area contributed by atoms with Crippen LogP contribution in [-0.4, -0.2) is 50.1 Å². The van der Waals surface area contributed by atoms with Crippen molar-refractivity contribution in [3.8, 4) is 0 Å². The van der Waals surface area contributed by atoms with Crippen LogP contribution in [0.4, 0.5) is 0 Å². The smallest absolute Gasteiger partial charge is 0.251 e. The van der Waals surface area contributed by atoms with Crippen LogP contribution in [0.1, 0.15) is 24.0 Å². The molecule has 1 amide bonds. The fraction of sp³-hybridized carbons (Fsp3) is 0.467. The van der Waals surface area contributed by atoms with Crippen molar-refractivity contribution >= 4 is 5.91 Å². The molecule has 3 heterocycles. The molecule has 8 nitrogen and oxygen atoms in total. The first-order valence-corrected chi connectivity index (χ1v) is 7.54. The third-order valence-electron chi connectivity index (χ3n) is 3.81. The average molecular weight is 317 g/mol. The third-order valence-corrected chi connectivity index (χ3v) is 3.81. The molecular formula is C15H19N5O3. The number of aryl methyl sites for hydroxylation is 2. The highest BCUT2D eigenvalue weighted by molar-refractivity contribution is 5.76. The molecule has 0 bridgehead atoms. The van der Waals surface area contributed by atoms with Gasteiger partial charge in [0.2, 0.25) is 5.91 Å². The van der Waals surface area contributed by atoms with Crippen molar-refractivity contribution in [2.75, 3.05) is 19.8 Å². The van der Waals surface area contributed by atoms with E-state index >= 15 is 0 Å². The molecule has 0 radical (unpaired) electrons. The molecule has 0 saturated carbocycles. The van der Waals surface area contributed by atoms with Gasteiger partial charge in [-0.1, -0.05) is 0 Å². The second kappa shape index (κ2) is 6.74. The summed E-state index contributed by atoms with van der Waals surface area (Å²) in [6.45, 7) is 3.65. The lowest BCUT2D eigenvalue weighted by Crippen LogP contribution is -2.44. The van der Waals surface area contributed by atoms with Gasteiger partial charge in [0.05, 0.1) is 31.3 Å². The van der Waals surface area contributed by atoms with Gasteiger partial charge in [0.15, 0.2) is 0 Å². The molecule has 1 atom stereocenters. The van der Waals surface area contributed by atoms with E-state index in [9.17, 15) is 9.59 Å². The lowest BCUT2D eigenvalue weighted by atomic mass is 10.1. The highest BCUT2D eigenvalue weighted by atomic mass is 16.5. The van der Waals surface area contributed by atoms with Gasteiger partial charge in [-0.25, -0.2) is 9.97 Å². The van der Waals surface area contributed by atoms with Crippen LogP contribution >= 0.6 is 0 Å². The molecule has 1 unspecified atom stereocenters. The van der Waals surface area contributed by atoms with E-state index in [0.717, 1.165) is 0 Å². The topological polar surface area (TPSA) is 93.1 Å². The summed E-state index contributed by atoms with van der Waals surface area (Å²) in [6.07, 6.45) is 5.57. The summed E-state index contributed by atoms with van der Waals surface area (Å²) in [6, 6.07) is 1.11. The fourth-order valence-corrected chi connectivity index (χ4v) is 2.71. The van der Waals surface area contributed by atoms with Gasteiger partial charge < -0.3 is 19.2 Å². The lowest BCUT2D eigenvalue weighted by Gasteiger charge is -2.35. The van der Waals surface area contributed by atoms with Gasteiger partial charge in [-0.3, -0.25) is 9.59 Å². The number of carbonyl (C=O) groups is 1. The van der Waals surface area contributed by atoms with E-state index in [4.69, 9.17) is 4.74 Å². The molecule has 0 aromatic carbocycles. The molecule has 2 aromatic heterocycles. The number of H-pyrrole nitrogens is 1. The number of rotatable bonds is 4. The van der Waals surface area contributed by atoms with Crippen molar-refractivity contribution in [1.82, 2.24) is 24.4 Å². The average Bonchev–Trinajstić information content (AvgIpc) is 3.05. The Bertz CT molecular complexity index is 725. The van der Waals surface area contributed by atoms with E-state index in [1.54, 1.807) is 24.3 Å². The van der Waals surface area contributed by atoms with Crippen LogP contribution in [0.15, 0.2) is 29.6 Å². The predicted octanol–water partition coefficient (Wildman–Crippen LogP) is 0.265. The lowest BCUT2D eigenvalue weighted by molar-refractivity contribution is -0.140. The van der Waals surface area contributed by atoms with Gasteiger partial charge in [-0.2, -0.15) is 0 Å². The largest absolute Gasteiger partial charge is 0.377 e. The van der Waals surface area contributed by atoms with Crippen LogP contribution in [0, 0.1) is 6.92 Å². The zero-order valence-corrected chi connectivity index (χ0v) is 12.9. The summed E-state index contributed by atoms with van der Waals surface area (Å²) in [5, 5.41) is 0. The summed E-state index contributed by atoms with van der Waals surface area (Å²) in [5.74, 6) is 0.552. The number of imidazole rings is 1. The van der Waals surface area contributed by atoms with Crippen molar-refractivity contribution in [2.45, 2.75) is 25.9 Å². The maximum atomic E-state index is 12.6. The molecule has 2 aromatic rings. The fourth-order valence-electron chi connectivity index (χ4n) is 2.71. The highest BCUT2D eigenvalue weighted by Crippen LogP contribution is 2.22. The van der Waals surface area contributed by atoms with Crippen LogP contribution in [0.2, 0.25) is 0 Å². The minimum Gasteiger partial charge on any atom is -0.377 e. The van der Waals surface area contributed by atoms with E-state index in [1.807, 2.05) is 10.8 Å². The molecule has 3 rings (SSSR count). The van der Waals surface area contributed by atoms with Gasteiger partial charge in [0.25, 0.3) is 5.56 Å². The van der Waals surface area contributed by atoms with Crippen LogP contribution < -0.4 is 5.56 Å². The second-order valence-corrected chi connectivity index (χ2v) is 5.48. The minimum atomic E-state index is -0.319. The highest BCUT2D eigenvalue weighted by Gasteiger charge is 2.29. The zero-order valence-electron chi connectivity index (χ0n) is 12.9. The predicted molar refractivity (Wildman–Crippen MR) is 81.7 cm³/mol. The van der Waals surface area contributed by atoms with Crippen molar-refractivity contribution in [2.24, 2.45) is 0 Å². The molecule has 23 heavy (non-hydrogen) atoms. The standard InChI is InChI=1S/C15H19N5O3/c1-11-17-12(8-14(21)18-11)13-9-23-7-6-20(13)15(22)2-4-19-5-3-16-10-19/h3,5,8,10,13H,2,4,6-7,9H2,1H3,(H,17,18,21). The number of nitrogens with one attached hydrogen (secondary N) is 1. The normalized spacial score (nSPS) is 18.1. The van der Waals surface area contributed by atoms with E-state index < -0.39 is 0 Å². The number of amides is 1. The Morgan fingerprint density at radius 2 is 2.39 bits per heavy atom. The van der Waals surface area contributed by atoms with Crippen molar-refractivity contribution in [3.05, 3.63) is 46.7 Å². The van der Waals surface area contributed by atoms with Gasteiger partial charge in [0.1, 0.15) is 5.82 Å². The number of hydrogen-bond donors (Lipinski definition) is 1.